The third-order valence-corrected chi connectivity index (χ3v) is 2.45. The van der Waals surface area contributed by atoms with Crippen LogP contribution in [-0.2, 0) is 18.9 Å². The first-order chi connectivity index (χ1) is 8.62. The number of hydrogen-bond donors (Lipinski definition) is 0. The Bertz CT molecular complexity index is 278. The molecule has 0 heterocycles. The van der Waals surface area contributed by atoms with Crippen LogP contribution < -0.4 is 0 Å². The van der Waals surface area contributed by atoms with Crippen LogP contribution in [0.25, 0.3) is 0 Å². The van der Waals surface area contributed by atoms with Gasteiger partial charge in [-0.25, -0.2) is 9.59 Å². The fraction of sp³-hybridized carbons (Fsp3) is 0.846. The Morgan fingerprint density at radius 3 is 1.37 bits per heavy atom. The van der Waals surface area contributed by atoms with Gasteiger partial charge in [-0.15, -0.1) is 0 Å². The van der Waals surface area contributed by atoms with E-state index in [4.69, 9.17) is 9.47 Å². The number of rotatable bonds is 6. The molecule has 0 aliphatic carbocycles. The van der Waals surface area contributed by atoms with Gasteiger partial charge in [-0.05, 0) is 17.3 Å². The van der Waals surface area contributed by atoms with Gasteiger partial charge in [0, 0.05) is 0 Å². The van der Waals surface area contributed by atoms with Crippen molar-refractivity contribution in [1.82, 2.24) is 0 Å². The highest BCUT2D eigenvalue weighted by Gasteiger charge is 2.31. The van der Waals surface area contributed by atoms with E-state index in [1.807, 2.05) is 27.7 Å². The summed E-state index contributed by atoms with van der Waals surface area (Å²) in [6.07, 6.45) is -0.693. The van der Waals surface area contributed by atoms with Crippen molar-refractivity contribution < 1.29 is 28.5 Å². The smallest absolute Gasteiger partial charge is 0.438 e. The molecule has 0 aliphatic rings. The minimum Gasteiger partial charge on any atom is -0.438 e. The molecule has 0 saturated heterocycles. The van der Waals surface area contributed by atoms with Crippen molar-refractivity contribution in [3.8, 4) is 0 Å². The normalized spacial score (nSPS) is 11.7. The second kappa shape index (κ2) is 7.21. The van der Waals surface area contributed by atoms with Gasteiger partial charge in [0.25, 0.3) is 0 Å². The quantitative estimate of drug-likeness (QED) is 0.694. The Balaban J connectivity index is 4.28. The zero-order chi connectivity index (χ0) is 15.1. The van der Waals surface area contributed by atoms with Crippen LogP contribution in [0.5, 0.6) is 0 Å². The Morgan fingerprint density at radius 2 is 1.11 bits per heavy atom. The van der Waals surface area contributed by atoms with Crippen LogP contribution in [0.3, 0.4) is 0 Å². The lowest BCUT2D eigenvalue weighted by Crippen LogP contribution is -2.32. The Morgan fingerprint density at radius 1 is 0.789 bits per heavy atom. The molecule has 0 amide bonds. The van der Waals surface area contributed by atoms with Crippen LogP contribution >= 0.6 is 0 Å². The van der Waals surface area contributed by atoms with Crippen LogP contribution in [-0.4, -0.2) is 39.7 Å². The molecular weight excluding hydrogens is 252 g/mol. The van der Waals surface area contributed by atoms with E-state index in [9.17, 15) is 9.59 Å². The zero-order valence-electron chi connectivity index (χ0n) is 12.6. The SMILES string of the molecule is COC(=O)OCC(C)(C)CC(C)(C)COC(=O)OC. The van der Waals surface area contributed by atoms with Crippen molar-refractivity contribution in [2.24, 2.45) is 10.8 Å². The van der Waals surface area contributed by atoms with E-state index in [1.54, 1.807) is 0 Å². The average molecular weight is 276 g/mol. The number of methoxy groups -OCH3 is 2. The largest absolute Gasteiger partial charge is 0.507 e. The number of ether oxygens (including phenoxy) is 4. The van der Waals surface area contributed by atoms with Gasteiger partial charge in [0.05, 0.1) is 14.2 Å². The summed E-state index contributed by atoms with van der Waals surface area (Å²) in [6.45, 7) is 8.35. The predicted octanol–water partition coefficient (Wildman–Crippen LogP) is 2.99. The maximum absolute atomic E-state index is 10.9. The van der Waals surface area contributed by atoms with E-state index in [-0.39, 0.29) is 24.0 Å². The van der Waals surface area contributed by atoms with Crippen molar-refractivity contribution in [1.29, 1.82) is 0 Å². The van der Waals surface area contributed by atoms with E-state index in [0.29, 0.717) is 6.42 Å². The van der Waals surface area contributed by atoms with Crippen molar-refractivity contribution in [2.45, 2.75) is 34.1 Å². The predicted molar refractivity (Wildman–Crippen MR) is 68.9 cm³/mol. The highest BCUT2D eigenvalue weighted by atomic mass is 16.7. The molecule has 0 N–H and O–H groups in total. The summed E-state index contributed by atoms with van der Waals surface area (Å²) in [4.78, 5) is 21.9. The van der Waals surface area contributed by atoms with Crippen LogP contribution in [0.15, 0.2) is 0 Å². The first-order valence-corrected chi connectivity index (χ1v) is 6.03. The summed E-state index contributed by atoms with van der Waals surface area (Å²) in [6, 6.07) is 0. The first kappa shape index (κ1) is 17.5. The van der Waals surface area contributed by atoms with Gasteiger partial charge < -0.3 is 18.9 Å². The fourth-order valence-electron chi connectivity index (χ4n) is 2.02. The second-order valence-electron chi connectivity index (χ2n) is 5.99. The van der Waals surface area contributed by atoms with Crippen molar-refractivity contribution in [3.63, 3.8) is 0 Å². The highest BCUT2D eigenvalue weighted by Crippen LogP contribution is 2.34. The second-order valence-corrected chi connectivity index (χ2v) is 5.99. The molecule has 0 rings (SSSR count). The molecule has 0 unspecified atom stereocenters. The summed E-state index contributed by atoms with van der Waals surface area (Å²) < 4.78 is 18.8. The molecular formula is C13H24O6. The number of carbonyl (C=O) groups is 2. The van der Waals surface area contributed by atoms with E-state index in [0.717, 1.165) is 0 Å². The molecule has 0 aromatic rings. The number of hydrogen-bond acceptors (Lipinski definition) is 6. The fourth-order valence-corrected chi connectivity index (χ4v) is 2.02. The van der Waals surface area contributed by atoms with Gasteiger partial charge in [-0.1, -0.05) is 27.7 Å². The molecule has 0 spiro atoms. The van der Waals surface area contributed by atoms with Crippen LogP contribution in [0.2, 0.25) is 0 Å². The lowest BCUT2D eigenvalue weighted by atomic mass is 9.76. The first-order valence-electron chi connectivity index (χ1n) is 6.03. The Hall–Kier alpha value is -1.46. The third-order valence-electron chi connectivity index (χ3n) is 2.45. The minimum absolute atomic E-state index is 0.237. The molecule has 0 aromatic heterocycles. The molecule has 0 bridgehead atoms. The molecule has 112 valence electrons. The van der Waals surface area contributed by atoms with Gasteiger partial charge in [-0.3, -0.25) is 0 Å². The van der Waals surface area contributed by atoms with E-state index < -0.39 is 12.3 Å². The molecule has 0 radical (unpaired) electrons. The third kappa shape index (κ3) is 8.29. The lowest BCUT2D eigenvalue weighted by Gasteiger charge is -2.33. The summed E-state index contributed by atoms with van der Waals surface area (Å²) >= 11 is 0. The summed E-state index contributed by atoms with van der Waals surface area (Å²) in [5.41, 5.74) is -0.506. The summed E-state index contributed by atoms with van der Waals surface area (Å²) in [7, 11) is 2.53. The zero-order valence-corrected chi connectivity index (χ0v) is 12.6. The van der Waals surface area contributed by atoms with Crippen LogP contribution in [0.4, 0.5) is 9.59 Å². The van der Waals surface area contributed by atoms with Crippen molar-refractivity contribution in [2.75, 3.05) is 27.4 Å². The Labute approximate surface area is 114 Å². The minimum atomic E-state index is -0.698. The molecule has 19 heavy (non-hydrogen) atoms. The molecule has 0 aliphatic heterocycles. The summed E-state index contributed by atoms with van der Waals surface area (Å²) in [5.74, 6) is 0. The highest BCUT2D eigenvalue weighted by molar-refractivity contribution is 5.59. The molecule has 6 heteroatoms. The van der Waals surface area contributed by atoms with Crippen LogP contribution in [0, 0.1) is 10.8 Å². The molecule has 0 atom stereocenters. The molecule has 0 saturated carbocycles. The van der Waals surface area contributed by atoms with Gasteiger partial charge in [-0.2, -0.15) is 0 Å². The molecule has 6 nitrogen and oxygen atoms in total. The van der Waals surface area contributed by atoms with Crippen molar-refractivity contribution in [3.05, 3.63) is 0 Å². The standard InChI is InChI=1S/C13H24O6/c1-12(2,8-18-10(14)16-5)7-13(3,4)9-19-11(15)17-6/h7-9H2,1-6H3. The van der Waals surface area contributed by atoms with E-state index in [1.165, 1.54) is 14.2 Å². The maximum Gasteiger partial charge on any atom is 0.507 e. The monoisotopic (exact) mass is 276 g/mol. The lowest BCUT2D eigenvalue weighted by molar-refractivity contribution is 0.00516. The number of carbonyl (C=O) groups excluding carboxylic acids is 2. The Kier molecular flexibility index (Phi) is 6.65. The molecule has 0 aromatic carbocycles. The maximum atomic E-state index is 10.9. The van der Waals surface area contributed by atoms with Gasteiger partial charge in [0.1, 0.15) is 13.2 Å². The van der Waals surface area contributed by atoms with Gasteiger partial charge in [0.15, 0.2) is 0 Å². The molecule has 0 fully saturated rings. The average Bonchev–Trinajstić information content (AvgIpc) is 2.31. The van der Waals surface area contributed by atoms with Gasteiger partial charge >= 0.3 is 12.3 Å². The summed E-state index contributed by atoms with van der Waals surface area (Å²) in [5, 5.41) is 0. The topological polar surface area (TPSA) is 71.1 Å². The van der Waals surface area contributed by atoms with Gasteiger partial charge in [0.2, 0.25) is 0 Å². The van der Waals surface area contributed by atoms with E-state index >= 15 is 0 Å². The van der Waals surface area contributed by atoms with Crippen LogP contribution in [0.1, 0.15) is 34.1 Å². The van der Waals surface area contributed by atoms with E-state index in [2.05, 4.69) is 9.47 Å². The van der Waals surface area contributed by atoms with Crippen molar-refractivity contribution >= 4 is 12.3 Å².